The summed E-state index contributed by atoms with van der Waals surface area (Å²) in [7, 11) is 2.00. The van der Waals surface area contributed by atoms with Crippen LogP contribution in [0.1, 0.15) is 46.5 Å². The number of rotatable bonds is 3. The molecule has 0 aromatic carbocycles. The fourth-order valence-electron chi connectivity index (χ4n) is 3.71. The van der Waals surface area contributed by atoms with E-state index in [4.69, 9.17) is 0 Å². The molecule has 4 nitrogen and oxygen atoms in total. The van der Waals surface area contributed by atoms with Crippen LogP contribution in [0, 0.1) is 5.92 Å². The van der Waals surface area contributed by atoms with Gasteiger partial charge in [-0.1, -0.05) is 6.92 Å². The molecule has 0 bridgehead atoms. The summed E-state index contributed by atoms with van der Waals surface area (Å²) in [5.74, 6) is 1.13. The van der Waals surface area contributed by atoms with Gasteiger partial charge in [0.25, 0.3) is 0 Å². The highest BCUT2D eigenvalue weighted by Gasteiger charge is 2.27. The fraction of sp³-hybridized carbons (Fsp3) is 0.938. The van der Waals surface area contributed by atoms with Crippen LogP contribution >= 0.6 is 12.4 Å². The Kier molecular flexibility index (Phi) is 7.45. The number of hydrogen-bond donors (Lipinski definition) is 1. The topological polar surface area (TPSA) is 35.6 Å². The molecule has 1 N–H and O–H groups in total. The van der Waals surface area contributed by atoms with Gasteiger partial charge in [0, 0.05) is 38.3 Å². The van der Waals surface area contributed by atoms with Crippen molar-refractivity contribution in [1.82, 2.24) is 15.1 Å². The Morgan fingerprint density at radius 1 is 1.10 bits per heavy atom. The van der Waals surface area contributed by atoms with Gasteiger partial charge < -0.3 is 10.2 Å². The number of amides is 1. The lowest BCUT2D eigenvalue weighted by atomic mass is 9.87. The van der Waals surface area contributed by atoms with Crippen LogP contribution in [0.15, 0.2) is 0 Å². The molecule has 0 aromatic rings. The van der Waals surface area contributed by atoms with Crippen LogP contribution in [0.4, 0.5) is 0 Å². The van der Waals surface area contributed by atoms with E-state index in [1.54, 1.807) is 0 Å². The van der Waals surface area contributed by atoms with Crippen molar-refractivity contribution in [3.05, 3.63) is 0 Å². The Balaban J connectivity index is 0.00000220. The summed E-state index contributed by atoms with van der Waals surface area (Å²) in [4.78, 5) is 16.8. The molecule has 0 aromatic heterocycles. The highest BCUT2D eigenvalue weighted by Crippen LogP contribution is 2.26. The average Bonchev–Trinajstić information content (AvgIpc) is 2.37. The third kappa shape index (κ3) is 5.42. The Hall–Kier alpha value is -0.320. The second-order valence-electron chi connectivity index (χ2n) is 7.08. The molecular formula is C16H32ClN3O. The summed E-state index contributed by atoms with van der Waals surface area (Å²) < 4.78 is 0. The van der Waals surface area contributed by atoms with Gasteiger partial charge in [0.05, 0.1) is 6.54 Å². The van der Waals surface area contributed by atoms with E-state index in [9.17, 15) is 4.79 Å². The number of hydrogen-bond acceptors (Lipinski definition) is 3. The van der Waals surface area contributed by atoms with Gasteiger partial charge in [0.1, 0.15) is 0 Å². The van der Waals surface area contributed by atoms with Crippen molar-refractivity contribution in [2.24, 2.45) is 5.92 Å². The van der Waals surface area contributed by atoms with Gasteiger partial charge in [-0.15, -0.1) is 12.4 Å². The van der Waals surface area contributed by atoms with Crippen LogP contribution in [-0.2, 0) is 4.79 Å². The lowest BCUT2D eigenvalue weighted by molar-refractivity contribution is -0.134. The predicted molar refractivity (Wildman–Crippen MR) is 89.9 cm³/mol. The molecule has 5 heteroatoms. The van der Waals surface area contributed by atoms with E-state index in [2.05, 4.69) is 31.0 Å². The van der Waals surface area contributed by atoms with E-state index in [-0.39, 0.29) is 12.4 Å². The minimum atomic E-state index is 0. The van der Waals surface area contributed by atoms with Gasteiger partial charge in [0.15, 0.2) is 0 Å². The molecule has 1 saturated heterocycles. The monoisotopic (exact) mass is 317 g/mol. The molecule has 1 amide bonds. The SMILES string of the molecule is CC1CCC(N(C)C(=O)CN2CC(C)NC(C)C2)CC1.Cl. The molecule has 2 rings (SSSR count). The Morgan fingerprint density at radius 2 is 1.62 bits per heavy atom. The lowest BCUT2D eigenvalue weighted by Crippen LogP contribution is -2.56. The minimum Gasteiger partial charge on any atom is -0.342 e. The molecule has 0 spiro atoms. The number of nitrogens with zero attached hydrogens (tertiary/aromatic N) is 2. The maximum Gasteiger partial charge on any atom is 0.236 e. The summed E-state index contributed by atoms with van der Waals surface area (Å²) in [6.07, 6.45) is 4.89. The Bertz CT molecular complexity index is 321. The number of carbonyl (C=O) groups excluding carboxylic acids is 1. The van der Waals surface area contributed by atoms with Crippen LogP contribution in [-0.4, -0.2) is 60.5 Å². The molecule has 2 unspecified atom stereocenters. The van der Waals surface area contributed by atoms with Crippen molar-refractivity contribution in [1.29, 1.82) is 0 Å². The van der Waals surface area contributed by atoms with E-state index in [1.165, 1.54) is 25.7 Å². The molecule has 2 fully saturated rings. The number of likely N-dealkylation sites (N-methyl/N-ethyl adjacent to an activating group) is 1. The standard InChI is InChI=1S/C16H31N3O.ClH/c1-12-5-7-15(8-6-12)18(4)16(20)11-19-9-13(2)17-14(3)10-19;/h12-15,17H,5-11H2,1-4H3;1H. The molecule has 2 atom stereocenters. The van der Waals surface area contributed by atoms with Gasteiger partial charge in [-0.05, 0) is 45.4 Å². The average molecular weight is 318 g/mol. The minimum absolute atomic E-state index is 0. The summed E-state index contributed by atoms with van der Waals surface area (Å²) in [5, 5.41) is 3.51. The van der Waals surface area contributed by atoms with E-state index < -0.39 is 0 Å². The van der Waals surface area contributed by atoms with Gasteiger partial charge >= 0.3 is 0 Å². The maximum absolute atomic E-state index is 12.5. The number of halogens is 1. The molecule has 1 aliphatic carbocycles. The maximum atomic E-state index is 12.5. The van der Waals surface area contributed by atoms with E-state index in [1.807, 2.05) is 11.9 Å². The summed E-state index contributed by atoms with van der Waals surface area (Å²) in [5.41, 5.74) is 0. The highest BCUT2D eigenvalue weighted by molar-refractivity contribution is 5.85. The predicted octanol–water partition coefficient (Wildman–Crippen LogP) is 2.13. The first-order valence-corrected chi connectivity index (χ1v) is 8.19. The van der Waals surface area contributed by atoms with Gasteiger partial charge in [-0.3, -0.25) is 9.69 Å². The van der Waals surface area contributed by atoms with Crippen molar-refractivity contribution in [3.8, 4) is 0 Å². The first-order chi connectivity index (χ1) is 9.45. The first-order valence-electron chi connectivity index (χ1n) is 8.19. The number of nitrogens with one attached hydrogen (secondary N) is 1. The zero-order chi connectivity index (χ0) is 14.7. The largest absolute Gasteiger partial charge is 0.342 e. The zero-order valence-electron chi connectivity index (χ0n) is 14.0. The smallest absolute Gasteiger partial charge is 0.236 e. The summed E-state index contributed by atoms with van der Waals surface area (Å²) in [6, 6.07) is 1.43. The quantitative estimate of drug-likeness (QED) is 0.866. The van der Waals surface area contributed by atoms with E-state index in [0.29, 0.717) is 30.6 Å². The lowest BCUT2D eigenvalue weighted by Gasteiger charge is -2.38. The molecular weight excluding hydrogens is 286 g/mol. The van der Waals surface area contributed by atoms with Crippen molar-refractivity contribution >= 4 is 18.3 Å². The van der Waals surface area contributed by atoms with Crippen molar-refractivity contribution in [3.63, 3.8) is 0 Å². The highest BCUT2D eigenvalue weighted by atomic mass is 35.5. The zero-order valence-corrected chi connectivity index (χ0v) is 14.8. The third-order valence-electron chi connectivity index (χ3n) is 4.92. The van der Waals surface area contributed by atoms with Gasteiger partial charge in [-0.2, -0.15) is 0 Å². The van der Waals surface area contributed by atoms with Crippen molar-refractivity contribution < 1.29 is 4.79 Å². The summed E-state index contributed by atoms with van der Waals surface area (Å²) >= 11 is 0. The molecule has 1 aliphatic heterocycles. The van der Waals surface area contributed by atoms with Crippen LogP contribution in [0.3, 0.4) is 0 Å². The first kappa shape index (κ1) is 18.7. The Labute approximate surface area is 136 Å². The second-order valence-corrected chi connectivity index (χ2v) is 7.08. The molecule has 21 heavy (non-hydrogen) atoms. The van der Waals surface area contributed by atoms with Crippen molar-refractivity contribution in [2.75, 3.05) is 26.7 Å². The molecule has 1 heterocycles. The van der Waals surface area contributed by atoms with Gasteiger partial charge in [0.2, 0.25) is 5.91 Å². The van der Waals surface area contributed by atoms with Crippen LogP contribution in [0.5, 0.6) is 0 Å². The van der Waals surface area contributed by atoms with Crippen LogP contribution in [0.25, 0.3) is 0 Å². The molecule has 1 saturated carbocycles. The normalized spacial score (nSPS) is 34.1. The fourth-order valence-corrected chi connectivity index (χ4v) is 3.71. The number of carbonyl (C=O) groups is 1. The molecule has 2 aliphatic rings. The third-order valence-corrected chi connectivity index (χ3v) is 4.92. The van der Waals surface area contributed by atoms with Gasteiger partial charge in [-0.25, -0.2) is 0 Å². The Morgan fingerprint density at radius 3 is 2.14 bits per heavy atom. The van der Waals surface area contributed by atoms with E-state index in [0.717, 1.165) is 19.0 Å². The number of piperazine rings is 1. The van der Waals surface area contributed by atoms with E-state index >= 15 is 0 Å². The summed E-state index contributed by atoms with van der Waals surface area (Å²) in [6.45, 7) is 9.25. The van der Waals surface area contributed by atoms with Crippen LogP contribution in [0.2, 0.25) is 0 Å². The van der Waals surface area contributed by atoms with Crippen LogP contribution < -0.4 is 5.32 Å². The molecule has 0 radical (unpaired) electrons. The second kappa shape index (κ2) is 8.35. The molecule has 124 valence electrons. The van der Waals surface area contributed by atoms with Crippen molar-refractivity contribution in [2.45, 2.75) is 64.6 Å².